The van der Waals surface area contributed by atoms with Crippen LogP contribution in [0.5, 0.6) is 0 Å². The molecule has 1 aromatic carbocycles. The Bertz CT molecular complexity index is 1190. The van der Waals surface area contributed by atoms with Crippen molar-refractivity contribution in [3.63, 3.8) is 0 Å². The summed E-state index contributed by atoms with van der Waals surface area (Å²) in [5, 5.41) is 3.90. The van der Waals surface area contributed by atoms with E-state index in [1.165, 1.54) is 38.1 Å². The molecule has 2 aromatic rings. The molecule has 3 rings (SSSR count). The number of pyridine rings is 1. The first-order valence-electron chi connectivity index (χ1n) is 12.7. The number of anilines is 1. The van der Waals surface area contributed by atoms with Gasteiger partial charge in [-0.25, -0.2) is 17.8 Å². The number of halogens is 1. The number of hydrogen-bond donors (Lipinski definition) is 2. The van der Waals surface area contributed by atoms with Gasteiger partial charge in [-0.3, -0.25) is 9.52 Å². The number of amides is 1. The monoisotopic (exact) mass is 550 g/mol. The maximum absolute atomic E-state index is 14.4. The number of nitrogens with one attached hydrogen (secondary N) is 2. The zero-order valence-electron chi connectivity index (χ0n) is 22.4. The zero-order valence-corrected chi connectivity index (χ0v) is 24.1. The number of aromatic nitrogens is 1. The number of carbonyl (C=O) groups excluding carboxylic acids is 1. The molecule has 0 bridgehead atoms. The third kappa shape index (κ3) is 8.97. The van der Waals surface area contributed by atoms with Gasteiger partial charge in [-0.05, 0) is 69.6 Å². The predicted octanol–water partition coefficient (Wildman–Crippen LogP) is 4.89. The summed E-state index contributed by atoms with van der Waals surface area (Å²) in [4.78, 5) is 20.4. The van der Waals surface area contributed by atoms with Gasteiger partial charge in [-0.2, -0.15) is 0 Å². The van der Waals surface area contributed by atoms with Crippen LogP contribution in [0.25, 0.3) is 0 Å². The molecule has 0 spiro atoms. The average Bonchev–Trinajstić information content (AvgIpc) is 3.33. The molecule has 0 saturated carbocycles. The average molecular weight is 551 g/mol. The second-order valence-electron chi connectivity index (χ2n) is 10.7. The van der Waals surface area contributed by atoms with E-state index in [2.05, 4.69) is 35.7 Å². The van der Waals surface area contributed by atoms with E-state index >= 15 is 0 Å². The molecule has 2 N–H and O–H groups in total. The summed E-state index contributed by atoms with van der Waals surface area (Å²) in [7, 11) is -3.60. The maximum atomic E-state index is 14.4. The molecule has 1 saturated heterocycles. The molecule has 204 valence electrons. The number of benzene rings is 1. The second kappa shape index (κ2) is 12.6. The van der Waals surface area contributed by atoms with Crippen LogP contribution in [0.1, 0.15) is 69.7 Å². The SMILES string of the molecule is CC(C(=O)NCc1ccc(C(C)(C)C)nc1SCCCN1CCCC1)c1ccc(NS(C)(=O)=O)c(F)c1. The molecule has 0 aliphatic carbocycles. The molecule has 1 amide bonds. The lowest BCUT2D eigenvalue weighted by molar-refractivity contribution is -0.122. The summed E-state index contributed by atoms with van der Waals surface area (Å²) in [5.41, 5.74) is 2.21. The van der Waals surface area contributed by atoms with E-state index in [0.29, 0.717) is 12.1 Å². The van der Waals surface area contributed by atoms with Gasteiger partial charge < -0.3 is 10.2 Å². The predicted molar refractivity (Wildman–Crippen MR) is 149 cm³/mol. The van der Waals surface area contributed by atoms with Crippen LogP contribution in [-0.2, 0) is 26.8 Å². The van der Waals surface area contributed by atoms with E-state index in [1.54, 1.807) is 24.8 Å². The summed E-state index contributed by atoms with van der Waals surface area (Å²) < 4.78 is 39.3. The molecular weight excluding hydrogens is 511 g/mol. The largest absolute Gasteiger partial charge is 0.351 e. The van der Waals surface area contributed by atoms with Crippen LogP contribution in [0.4, 0.5) is 10.1 Å². The van der Waals surface area contributed by atoms with Crippen LogP contribution < -0.4 is 10.0 Å². The minimum absolute atomic E-state index is 0.0800. The summed E-state index contributed by atoms with van der Waals surface area (Å²) in [6, 6.07) is 8.14. The first-order valence-corrected chi connectivity index (χ1v) is 15.6. The molecule has 7 nitrogen and oxygen atoms in total. The number of carbonyl (C=O) groups is 1. The van der Waals surface area contributed by atoms with E-state index in [0.717, 1.165) is 41.3 Å². The van der Waals surface area contributed by atoms with Gasteiger partial charge >= 0.3 is 0 Å². The van der Waals surface area contributed by atoms with Crippen LogP contribution >= 0.6 is 11.8 Å². The molecule has 37 heavy (non-hydrogen) atoms. The minimum atomic E-state index is -3.60. The van der Waals surface area contributed by atoms with Crippen LogP contribution in [0.2, 0.25) is 0 Å². The molecule has 1 unspecified atom stereocenters. The fourth-order valence-electron chi connectivity index (χ4n) is 4.18. The van der Waals surface area contributed by atoms with Crippen molar-refractivity contribution in [3.05, 3.63) is 53.0 Å². The maximum Gasteiger partial charge on any atom is 0.229 e. The number of thioether (sulfide) groups is 1. The number of hydrogen-bond acceptors (Lipinski definition) is 6. The Morgan fingerprint density at radius 1 is 1.19 bits per heavy atom. The third-order valence-corrected chi connectivity index (χ3v) is 8.11. The number of rotatable bonds is 11. The van der Waals surface area contributed by atoms with Crippen molar-refractivity contribution in [1.82, 2.24) is 15.2 Å². The Kier molecular flexibility index (Phi) is 9.99. The van der Waals surface area contributed by atoms with Gasteiger partial charge in [0.1, 0.15) is 10.8 Å². The Hall–Kier alpha value is -2.17. The highest BCUT2D eigenvalue weighted by Gasteiger charge is 2.21. The van der Waals surface area contributed by atoms with Gasteiger partial charge in [-0.1, -0.05) is 32.9 Å². The highest BCUT2D eigenvalue weighted by Crippen LogP contribution is 2.28. The van der Waals surface area contributed by atoms with Gasteiger partial charge in [0.05, 0.1) is 17.9 Å². The normalized spacial score (nSPS) is 15.5. The van der Waals surface area contributed by atoms with Gasteiger partial charge in [0.2, 0.25) is 15.9 Å². The molecule has 2 heterocycles. The highest BCUT2D eigenvalue weighted by atomic mass is 32.2. The third-order valence-electron chi connectivity index (χ3n) is 6.40. The number of nitrogens with zero attached hydrogens (tertiary/aromatic N) is 2. The standard InChI is InChI=1S/C27H39FN4O3S2/c1-19(20-9-11-23(22(28)17-20)31-37(5,34)35)25(33)29-18-21-10-12-24(27(2,3)4)30-26(21)36-16-8-15-32-13-6-7-14-32/h9-12,17,19,31H,6-8,13-16,18H2,1-5H3,(H,29,33). The summed E-state index contributed by atoms with van der Waals surface area (Å²) in [5.74, 6) is -0.618. The van der Waals surface area contributed by atoms with E-state index in [9.17, 15) is 17.6 Å². The van der Waals surface area contributed by atoms with E-state index in [1.807, 2.05) is 12.1 Å². The molecule has 0 radical (unpaired) electrons. The lowest BCUT2D eigenvalue weighted by Gasteiger charge is -2.21. The first-order chi connectivity index (χ1) is 17.3. The molecule has 10 heteroatoms. The lowest BCUT2D eigenvalue weighted by atomic mass is 9.91. The number of likely N-dealkylation sites (tertiary alicyclic amines) is 1. The molecular formula is C27H39FN4O3S2. The van der Waals surface area contributed by atoms with Gasteiger partial charge in [0.25, 0.3) is 0 Å². The van der Waals surface area contributed by atoms with Crippen molar-refractivity contribution < 1.29 is 17.6 Å². The quantitative estimate of drug-likeness (QED) is 0.306. The topological polar surface area (TPSA) is 91.4 Å². The van der Waals surface area contributed by atoms with Crippen LogP contribution in [0, 0.1) is 5.82 Å². The van der Waals surface area contributed by atoms with Crippen LogP contribution in [0.15, 0.2) is 35.4 Å². The Morgan fingerprint density at radius 2 is 1.89 bits per heavy atom. The summed E-state index contributed by atoms with van der Waals surface area (Å²) >= 11 is 1.73. The lowest BCUT2D eigenvalue weighted by Crippen LogP contribution is -2.28. The van der Waals surface area contributed by atoms with E-state index in [-0.39, 0.29) is 17.0 Å². The Morgan fingerprint density at radius 3 is 2.51 bits per heavy atom. The fourth-order valence-corrected chi connectivity index (χ4v) is 5.70. The van der Waals surface area contributed by atoms with Gasteiger partial charge in [0, 0.05) is 29.0 Å². The number of sulfonamides is 1. The van der Waals surface area contributed by atoms with Gasteiger partial charge in [-0.15, -0.1) is 11.8 Å². The van der Waals surface area contributed by atoms with Crippen LogP contribution in [-0.4, -0.2) is 55.9 Å². The summed E-state index contributed by atoms with van der Waals surface area (Å²) in [6.07, 6.45) is 4.63. The van der Waals surface area contributed by atoms with Crippen molar-refractivity contribution >= 4 is 33.4 Å². The smallest absolute Gasteiger partial charge is 0.229 e. The first kappa shape index (κ1) is 29.4. The van der Waals surface area contributed by atoms with Crippen molar-refractivity contribution in [3.8, 4) is 0 Å². The molecule has 1 aliphatic heterocycles. The molecule has 1 aliphatic rings. The van der Waals surface area contributed by atoms with Gasteiger partial charge in [0.15, 0.2) is 0 Å². The molecule has 1 aromatic heterocycles. The fraction of sp³-hybridized carbons (Fsp3) is 0.556. The van der Waals surface area contributed by atoms with E-state index < -0.39 is 21.8 Å². The van der Waals surface area contributed by atoms with Crippen molar-refractivity contribution in [2.75, 3.05) is 36.4 Å². The highest BCUT2D eigenvalue weighted by molar-refractivity contribution is 7.99. The van der Waals surface area contributed by atoms with Crippen molar-refractivity contribution in [1.29, 1.82) is 0 Å². The molecule has 1 fully saturated rings. The van der Waals surface area contributed by atoms with Crippen LogP contribution in [0.3, 0.4) is 0 Å². The van der Waals surface area contributed by atoms with Crippen molar-refractivity contribution in [2.24, 2.45) is 0 Å². The Balaban J connectivity index is 1.65. The minimum Gasteiger partial charge on any atom is -0.351 e. The van der Waals surface area contributed by atoms with Crippen molar-refractivity contribution in [2.45, 2.75) is 69.9 Å². The molecule has 1 atom stereocenters. The Labute approximate surface area is 225 Å². The van der Waals surface area contributed by atoms with E-state index in [4.69, 9.17) is 4.98 Å². The zero-order chi connectivity index (χ0) is 27.2. The summed E-state index contributed by atoms with van der Waals surface area (Å²) in [6.45, 7) is 11.9. The second-order valence-corrected chi connectivity index (χ2v) is 13.5.